The highest BCUT2D eigenvalue weighted by Gasteiger charge is 2.57. The van der Waals surface area contributed by atoms with E-state index in [1.165, 1.54) is 94.0 Å². The van der Waals surface area contributed by atoms with Crippen LogP contribution in [0.25, 0.3) is 21.4 Å². The molecule has 6 aromatic carbocycles. The lowest BCUT2D eigenvalue weighted by atomic mass is 10.0. The molecule has 1 aliphatic heterocycles. The molecule has 752 valence electrons. The van der Waals surface area contributed by atoms with Gasteiger partial charge < -0.3 is 99.1 Å². The Hall–Kier alpha value is -5.82. The molecule has 3 heterocycles. The molecule has 0 radical (unpaired) electrons. The van der Waals surface area contributed by atoms with Crippen molar-refractivity contribution in [1.82, 2.24) is 19.7 Å². The van der Waals surface area contributed by atoms with Crippen molar-refractivity contribution in [2.75, 3.05) is 122 Å². The second-order valence-electron chi connectivity index (χ2n) is 30.4. The molecule has 0 bridgehead atoms. The van der Waals surface area contributed by atoms with Gasteiger partial charge in [-0.15, -0.1) is 0 Å². The number of carboxylic acid groups (broad SMARTS) is 3. The average Bonchev–Trinajstić information content (AvgIpc) is 1.59. The molecule has 59 heteroatoms. The summed E-state index contributed by atoms with van der Waals surface area (Å²) in [5.74, 6) is -4.02. The van der Waals surface area contributed by atoms with Crippen molar-refractivity contribution in [3.8, 4) is 0 Å². The molecule has 0 spiro atoms. The monoisotopic (exact) mass is 2210 g/mol. The number of nitro groups is 1. The number of aryl methyl sites for hydroxylation is 2. The summed E-state index contributed by atoms with van der Waals surface area (Å²) in [6.07, 6.45) is 3.59. The summed E-state index contributed by atoms with van der Waals surface area (Å²) >= 11 is 23.8. The number of halogens is 4. The number of thiazole rings is 1. The van der Waals surface area contributed by atoms with E-state index in [1.54, 1.807) is 59.3 Å². The lowest BCUT2D eigenvalue weighted by Crippen LogP contribution is -2.41. The fourth-order valence-electron chi connectivity index (χ4n) is 11.8. The molecule has 1 fully saturated rings. The number of likely N-dealkylation sites (tertiary alicyclic amines) is 1. The van der Waals surface area contributed by atoms with Crippen molar-refractivity contribution in [2.24, 2.45) is 0 Å². The number of hydrogen-bond donors (Lipinski definition) is 21. The Balaban J connectivity index is 0.000000532. The second-order valence-corrected chi connectivity index (χ2v) is 56.0. The average molecular weight is 2210 g/mol. The van der Waals surface area contributed by atoms with Crippen LogP contribution in [0.1, 0.15) is 60.9 Å². The zero-order chi connectivity index (χ0) is 104. The van der Waals surface area contributed by atoms with Crippen LogP contribution in [0.15, 0.2) is 164 Å². The predicted octanol–water partition coefficient (Wildman–Crippen LogP) is 13.3. The number of non-ortho nitro benzene ring substituents is 1. The Kier molecular flexibility index (Phi) is 51.0. The van der Waals surface area contributed by atoms with Crippen LogP contribution in [0.2, 0.25) is 20.4 Å². The molecule has 1 aliphatic rings. The van der Waals surface area contributed by atoms with E-state index in [0.717, 1.165) is 58.8 Å². The number of pyridine rings is 1. The maximum absolute atomic E-state index is 11.9. The molecule has 2 aromatic heterocycles. The van der Waals surface area contributed by atoms with E-state index in [0.29, 0.717) is 75.4 Å². The van der Waals surface area contributed by atoms with Gasteiger partial charge in [-0.1, -0.05) is 187 Å². The number of hydrogen-bond acceptors (Lipinski definition) is 24. The quantitative estimate of drug-likeness (QED) is 0.00445. The summed E-state index contributed by atoms with van der Waals surface area (Å²) in [7, 11) is -42.8. The van der Waals surface area contributed by atoms with Crippen molar-refractivity contribution in [1.29, 1.82) is 0 Å². The van der Waals surface area contributed by atoms with Gasteiger partial charge >= 0.3 is 53.4 Å². The molecule has 135 heavy (non-hydrogen) atoms. The van der Waals surface area contributed by atoms with Gasteiger partial charge in [0.25, 0.3) is 5.69 Å². The standard InChI is InChI=1S/C16H21NO5P2.C14H19N3O8P2S.C13H13O2P.C9H11O2P.C8H18NO2P.C6H4Cl4NO2P.C5H13NO7P2.C5H10NO7P/c1-23(18,19)15-10-4-2-7-13(15)8-6-12-17-14-9-3-5-11-16(14)24(20,21)22;1-10-9-28-13(15-11-3-5-12(6-4-11)17(19)20)16(10)8-7-14(18,26(2,21)22)27(23,24)25;1-10(16(2,14)15)12-9-5-7-11-6-3-4-8-13(11)12;1-8(12(2,10)11)9-6-4-3-5-7-9;1-12(10,11)8-9-6-4-2-3-5-7-9;1-14(12,13)4-2(7)5(9)11-6(10)3(4)8;1-14(9,10)3-6(2-5(7)8)4-15(11,12)13;7-4(8)1-6(2-5(9)10)3-14(11,12)13/h2-5,7,9-11,17H,6,8,12H2,1H3,(H,18,19)(H2,20,21,22);3-6,9,18H,7-8H2,1-2H3,(H3,21,22,23,24,25);3-9H,1H2,2H3,(H,14,15);3-7H,1H2,2H3,(H,10,11);2-8H2,1H3,(H,10,11);1H3,(H,12,13);2-4H2,1H3,(H,7,8)(H,9,10)(H2,11,12,13);1-3H2,(H,7,8)(H,9,10)(H2,11,12,13)/p+1. The summed E-state index contributed by atoms with van der Waals surface area (Å²) in [5, 5.41) is 53.6. The van der Waals surface area contributed by atoms with Crippen LogP contribution in [-0.4, -0.2) is 252 Å². The Morgan fingerprint density at radius 3 is 1.47 bits per heavy atom. The van der Waals surface area contributed by atoms with E-state index in [-0.39, 0.29) is 43.2 Å². The third-order valence-corrected chi connectivity index (χ3v) is 34.7. The lowest BCUT2D eigenvalue weighted by Gasteiger charge is -2.30. The number of aliphatic hydroxyl groups is 1. The zero-order valence-electron chi connectivity index (χ0n) is 73.6. The fourth-order valence-corrected chi connectivity index (χ4v) is 25.0. The second kappa shape index (κ2) is 55.0. The molecule has 0 amide bonds. The summed E-state index contributed by atoms with van der Waals surface area (Å²) in [5.41, 5.74) is 3.85. The predicted molar refractivity (Wildman–Crippen MR) is 526 cm³/mol. The van der Waals surface area contributed by atoms with E-state index in [1.807, 2.05) is 72.8 Å². The van der Waals surface area contributed by atoms with Crippen LogP contribution in [0.3, 0.4) is 0 Å². The van der Waals surface area contributed by atoms with Gasteiger partial charge in [0, 0.05) is 98.8 Å². The first-order valence-corrected chi connectivity index (χ1v) is 63.2. The summed E-state index contributed by atoms with van der Waals surface area (Å²) in [6.45, 7) is 17.4. The van der Waals surface area contributed by atoms with Crippen molar-refractivity contribution in [3.63, 3.8) is 0 Å². The Morgan fingerprint density at radius 2 is 1.02 bits per heavy atom. The van der Waals surface area contributed by atoms with E-state index >= 15 is 0 Å². The number of para-hydroxylation sites is 1. The van der Waals surface area contributed by atoms with Crippen LogP contribution >= 0.6 is 140 Å². The molecule has 0 saturated carbocycles. The van der Waals surface area contributed by atoms with Gasteiger partial charge in [0.15, 0.2) is 0 Å². The number of aliphatic carboxylic acids is 3. The molecular formula is C76H110Cl4N8O35P11S+. The van der Waals surface area contributed by atoms with Crippen LogP contribution < -0.4 is 31.1 Å². The molecule has 1 saturated heterocycles. The number of carboxylic acids is 3. The van der Waals surface area contributed by atoms with Crippen LogP contribution in [0.5, 0.6) is 0 Å². The van der Waals surface area contributed by atoms with Gasteiger partial charge in [-0.3, -0.25) is 89.4 Å². The van der Waals surface area contributed by atoms with E-state index in [2.05, 4.69) is 33.7 Å². The number of aromatic nitrogens is 2. The van der Waals surface area contributed by atoms with Crippen molar-refractivity contribution >= 4 is 217 Å². The van der Waals surface area contributed by atoms with Gasteiger partial charge in [-0.2, -0.15) is 0 Å². The highest BCUT2D eigenvalue weighted by Crippen LogP contribution is 2.69. The van der Waals surface area contributed by atoms with Crippen LogP contribution in [0.4, 0.5) is 22.2 Å². The Bertz CT molecular complexity index is 5780. The van der Waals surface area contributed by atoms with Crippen molar-refractivity contribution < 1.29 is 168 Å². The number of fused-ring (bicyclic) bond motifs is 1. The number of rotatable bonds is 34. The van der Waals surface area contributed by atoms with Gasteiger partial charge in [-0.05, 0) is 103 Å². The highest BCUT2D eigenvalue weighted by atomic mass is 35.5. The van der Waals surface area contributed by atoms with Crippen LogP contribution in [-0.2, 0) is 77.6 Å². The zero-order valence-corrected chi connectivity index (χ0v) is 87.3. The minimum atomic E-state index is -5.29. The maximum atomic E-state index is 11.9. The highest BCUT2D eigenvalue weighted by molar-refractivity contribution is 7.74. The molecule has 8 unspecified atom stereocenters. The third kappa shape index (κ3) is 48.0. The molecule has 8 aromatic rings. The molecule has 9 rings (SSSR count). The molecule has 0 aliphatic carbocycles. The minimum Gasteiger partial charge on any atom is -0.480 e. The fraction of sp³-hybridized carbons (Fsp3) is 0.355. The van der Waals surface area contributed by atoms with Gasteiger partial charge in [0.2, 0.25) is 56.7 Å². The number of carbonyl (C=O) groups is 3. The first-order valence-electron chi connectivity index (χ1n) is 38.9. The number of benzene rings is 6. The van der Waals surface area contributed by atoms with Gasteiger partial charge in [-0.25, -0.2) is 14.9 Å². The number of anilines is 3. The Labute approximate surface area is 801 Å². The lowest BCUT2D eigenvalue weighted by molar-refractivity contribution is -0.686. The number of nitrogens with zero attached hydrogens (tertiary/aromatic N) is 6. The topological polar surface area (TPSA) is 717 Å². The van der Waals surface area contributed by atoms with Crippen molar-refractivity contribution in [2.45, 2.75) is 63.5 Å². The summed E-state index contributed by atoms with van der Waals surface area (Å²) in [4.78, 5) is 185. The molecule has 43 nitrogen and oxygen atoms in total. The molecular weight excluding hydrogens is 2100 g/mol. The minimum absolute atomic E-state index is 0.0289. The summed E-state index contributed by atoms with van der Waals surface area (Å²) < 4.78 is 126. The largest absolute Gasteiger partial charge is 0.480 e. The van der Waals surface area contributed by atoms with E-state index in [9.17, 15) is 129 Å². The smallest absolute Gasteiger partial charge is 0.367 e. The van der Waals surface area contributed by atoms with Crippen molar-refractivity contribution in [3.05, 3.63) is 217 Å². The van der Waals surface area contributed by atoms with Crippen LogP contribution in [0, 0.1) is 17.0 Å². The first kappa shape index (κ1) is 125. The SMILES string of the molecule is C=C(c1cccc2ccccc12)P(C)(=O)O.C=C(c1ccccc1)P(C)(=O)O.CP(=O)(O)CN(CC(=O)O)CP(=O)(O)O.CP(=O)(O)CN1CCCCCC1.CP(=O)(O)c1c(Cl)c(Cl)nc(Cl)c1Cl.CP(=O)(O)c1ccccc1CCCNc1ccccc1P(=O)(O)O.Cc1csc(Nc2ccc([N+](=O)[O-])cc2)[n+]1CCC(O)(P(C)(=O)O)P(=O)(O)O.O=C(O)CN(CC(=O)O)CP(=O)(O)O. The number of nitro benzene ring substituents is 1. The van der Waals surface area contributed by atoms with Gasteiger partial charge in [0.05, 0.1) is 64.3 Å². The first-order chi connectivity index (χ1) is 61.5. The van der Waals surface area contributed by atoms with E-state index in [4.69, 9.17) is 86.2 Å². The molecule has 21 N–H and O–H groups in total. The maximum Gasteiger partial charge on any atom is 0.367 e. The third-order valence-electron chi connectivity index (χ3n) is 17.8. The summed E-state index contributed by atoms with van der Waals surface area (Å²) in [6, 6.07) is 41.5. The molecule has 8 atom stereocenters. The van der Waals surface area contributed by atoms with E-state index < -0.39 is 155 Å². The van der Waals surface area contributed by atoms with Gasteiger partial charge in [0.1, 0.15) is 34.3 Å². The normalized spacial score (nSPS) is 15.9. The Morgan fingerprint density at radius 1 is 0.563 bits per heavy atom. The number of nitrogens with one attached hydrogen (secondary N) is 2.